The summed E-state index contributed by atoms with van der Waals surface area (Å²) < 4.78 is 0. The molecule has 1 nitrogen and oxygen atoms in total. The van der Waals surface area contributed by atoms with Gasteiger partial charge in [-0.25, -0.2) is 0 Å². The van der Waals surface area contributed by atoms with Crippen molar-refractivity contribution in [3.8, 4) is 0 Å². The predicted molar refractivity (Wildman–Crippen MR) is 65.3 cm³/mol. The van der Waals surface area contributed by atoms with Crippen LogP contribution in [0.2, 0.25) is 5.02 Å². The average Bonchev–Trinajstić information content (AvgIpc) is 2.71. The molecule has 0 bridgehead atoms. The predicted octanol–water partition coefficient (Wildman–Crippen LogP) is 3.93. The van der Waals surface area contributed by atoms with E-state index in [2.05, 4.69) is 18.3 Å². The normalized spacial score (nSPS) is 19.3. The van der Waals surface area contributed by atoms with Crippen molar-refractivity contribution in [1.82, 2.24) is 5.32 Å². The summed E-state index contributed by atoms with van der Waals surface area (Å²) in [4.78, 5) is 0. The molecule has 0 saturated heterocycles. The highest BCUT2D eigenvalue weighted by atomic mass is 35.5. The highest BCUT2D eigenvalue weighted by Gasteiger charge is 2.18. The van der Waals surface area contributed by atoms with Gasteiger partial charge in [0.05, 0.1) is 0 Å². The molecular formula is C13H18ClN. The van der Waals surface area contributed by atoms with Crippen molar-refractivity contribution in [3.05, 3.63) is 34.9 Å². The van der Waals surface area contributed by atoms with Gasteiger partial charge in [0.15, 0.2) is 0 Å². The van der Waals surface area contributed by atoms with E-state index in [-0.39, 0.29) is 0 Å². The lowest BCUT2D eigenvalue weighted by Gasteiger charge is -2.20. The quantitative estimate of drug-likeness (QED) is 0.819. The van der Waals surface area contributed by atoms with Gasteiger partial charge in [-0.15, -0.1) is 0 Å². The molecule has 2 heteroatoms. The van der Waals surface area contributed by atoms with Crippen LogP contribution in [-0.4, -0.2) is 6.04 Å². The molecule has 1 fully saturated rings. The van der Waals surface area contributed by atoms with Crippen molar-refractivity contribution in [2.24, 2.45) is 0 Å². The molecule has 2 rings (SSSR count). The third kappa shape index (κ3) is 2.73. The Hall–Kier alpha value is -0.530. The van der Waals surface area contributed by atoms with Crippen molar-refractivity contribution >= 4 is 11.6 Å². The maximum absolute atomic E-state index is 6.16. The van der Waals surface area contributed by atoms with Crippen LogP contribution in [0.3, 0.4) is 0 Å². The Morgan fingerprint density at radius 2 is 1.93 bits per heavy atom. The fraction of sp³-hybridized carbons (Fsp3) is 0.538. The van der Waals surface area contributed by atoms with Gasteiger partial charge < -0.3 is 5.32 Å². The molecule has 0 heterocycles. The first-order valence-corrected chi connectivity index (χ1v) is 6.15. The third-order valence-corrected chi connectivity index (χ3v) is 3.56. The second-order valence-electron chi connectivity index (χ2n) is 4.39. The first-order chi connectivity index (χ1) is 7.27. The van der Waals surface area contributed by atoms with Crippen LogP contribution in [0, 0.1) is 0 Å². The Kier molecular flexibility index (Phi) is 3.66. The molecule has 1 aliphatic carbocycles. The van der Waals surface area contributed by atoms with Crippen LogP contribution in [0.5, 0.6) is 0 Å². The maximum Gasteiger partial charge on any atom is 0.0453 e. The number of hydrogen-bond donors (Lipinski definition) is 1. The maximum atomic E-state index is 6.16. The molecule has 1 aromatic carbocycles. The van der Waals surface area contributed by atoms with Crippen LogP contribution < -0.4 is 5.32 Å². The molecule has 15 heavy (non-hydrogen) atoms. The van der Waals surface area contributed by atoms with E-state index in [1.165, 1.54) is 31.2 Å². The zero-order chi connectivity index (χ0) is 10.7. The average molecular weight is 224 g/mol. The van der Waals surface area contributed by atoms with Crippen LogP contribution in [-0.2, 0) is 0 Å². The molecule has 1 aromatic rings. The molecule has 0 unspecified atom stereocenters. The van der Waals surface area contributed by atoms with Gasteiger partial charge in [-0.1, -0.05) is 42.6 Å². The van der Waals surface area contributed by atoms with Gasteiger partial charge in [-0.3, -0.25) is 0 Å². The largest absolute Gasteiger partial charge is 0.307 e. The Morgan fingerprint density at radius 3 is 2.60 bits per heavy atom. The van der Waals surface area contributed by atoms with Crippen molar-refractivity contribution < 1.29 is 0 Å². The monoisotopic (exact) mass is 223 g/mol. The van der Waals surface area contributed by atoms with Crippen molar-refractivity contribution in [1.29, 1.82) is 0 Å². The van der Waals surface area contributed by atoms with Crippen molar-refractivity contribution in [3.63, 3.8) is 0 Å². The fourth-order valence-electron chi connectivity index (χ4n) is 2.36. The van der Waals surface area contributed by atoms with E-state index >= 15 is 0 Å². The Bertz CT molecular complexity index is 318. The van der Waals surface area contributed by atoms with Crippen LogP contribution in [0.25, 0.3) is 0 Å². The fourth-order valence-corrected chi connectivity index (χ4v) is 2.66. The van der Waals surface area contributed by atoms with E-state index in [0.29, 0.717) is 12.1 Å². The van der Waals surface area contributed by atoms with Gasteiger partial charge >= 0.3 is 0 Å². The van der Waals surface area contributed by atoms with Crippen LogP contribution in [0.1, 0.15) is 44.2 Å². The van der Waals surface area contributed by atoms with E-state index in [1.54, 1.807) is 0 Å². The SMILES string of the molecule is C[C@H](NC1CCCC1)c1ccccc1Cl. The summed E-state index contributed by atoms with van der Waals surface area (Å²) in [7, 11) is 0. The molecule has 0 aromatic heterocycles. The first kappa shape index (κ1) is 11.0. The number of halogens is 1. The topological polar surface area (TPSA) is 12.0 Å². The molecule has 0 radical (unpaired) electrons. The number of benzene rings is 1. The Labute approximate surface area is 96.8 Å². The summed E-state index contributed by atoms with van der Waals surface area (Å²) >= 11 is 6.16. The van der Waals surface area contributed by atoms with E-state index < -0.39 is 0 Å². The molecule has 1 atom stereocenters. The summed E-state index contributed by atoms with van der Waals surface area (Å²) in [6.07, 6.45) is 5.36. The molecule has 0 aliphatic heterocycles. The van der Waals surface area contributed by atoms with Gasteiger partial charge in [0, 0.05) is 17.1 Å². The third-order valence-electron chi connectivity index (χ3n) is 3.21. The summed E-state index contributed by atoms with van der Waals surface area (Å²) in [5.41, 5.74) is 1.21. The molecule has 1 N–H and O–H groups in total. The number of nitrogens with one attached hydrogen (secondary N) is 1. The molecule has 1 aliphatic rings. The van der Waals surface area contributed by atoms with Gasteiger partial charge in [0.25, 0.3) is 0 Å². The first-order valence-electron chi connectivity index (χ1n) is 5.78. The summed E-state index contributed by atoms with van der Waals surface area (Å²) in [5, 5.41) is 4.52. The zero-order valence-corrected chi connectivity index (χ0v) is 9.93. The van der Waals surface area contributed by atoms with Gasteiger partial charge in [-0.05, 0) is 31.4 Å². The highest BCUT2D eigenvalue weighted by Crippen LogP contribution is 2.25. The zero-order valence-electron chi connectivity index (χ0n) is 9.17. The lowest BCUT2D eigenvalue weighted by atomic mass is 10.1. The van der Waals surface area contributed by atoms with E-state index in [4.69, 9.17) is 11.6 Å². The van der Waals surface area contributed by atoms with Crippen LogP contribution in [0.15, 0.2) is 24.3 Å². The van der Waals surface area contributed by atoms with E-state index in [1.807, 2.05) is 18.2 Å². The summed E-state index contributed by atoms with van der Waals surface area (Å²) in [6, 6.07) is 9.15. The van der Waals surface area contributed by atoms with Crippen molar-refractivity contribution in [2.45, 2.75) is 44.7 Å². The van der Waals surface area contributed by atoms with E-state index in [9.17, 15) is 0 Å². The second-order valence-corrected chi connectivity index (χ2v) is 4.80. The minimum Gasteiger partial charge on any atom is -0.307 e. The smallest absolute Gasteiger partial charge is 0.0453 e. The molecular weight excluding hydrogens is 206 g/mol. The lowest BCUT2D eigenvalue weighted by Crippen LogP contribution is -2.29. The minimum atomic E-state index is 0.363. The van der Waals surface area contributed by atoms with E-state index in [0.717, 1.165) is 5.02 Å². The standard InChI is InChI=1S/C13H18ClN/c1-10(15-11-6-2-3-7-11)12-8-4-5-9-13(12)14/h4-5,8-11,15H,2-3,6-7H2,1H3/t10-/m0/s1. The Morgan fingerprint density at radius 1 is 1.27 bits per heavy atom. The van der Waals surface area contributed by atoms with Gasteiger partial charge in [-0.2, -0.15) is 0 Å². The molecule has 82 valence electrons. The van der Waals surface area contributed by atoms with Crippen molar-refractivity contribution in [2.75, 3.05) is 0 Å². The highest BCUT2D eigenvalue weighted by molar-refractivity contribution is 6.31. The number of rotatable bonds is 3. The second kappa shape index (κ2) is 5.00. The van der Waals surface area contributed by atoms with Gasteiger partial charge in [0.1, 0.15) is 0 Å². The lowest BCUT2D eigenvalue weighted by molar-refractivity contribution is 0.461. The molecule has 0 spiro atoms. The molecule has 1 saturated carbocycles. The number of hydrogen-bond acceptors (Lipinski definition) is 1. The summed E-state index contributed by atoms with van der Waals surface area (Å²) in [5.74, 6) is 0. The minimum absolute atomic E-state index is 0.363. The summed E-state index contributed by atoms with van der Waals surface area (Å²) in [6.45, 7) is 2.19. The van der Waals surface area contributed by atoms with Crippen LogP contribution in [0.4, 0.5) is 0 Å². The van der Waals surface area contributed by atoms with Crippen LogP contribution >= 0.6 is 11.6 Å². The Balaban J connectivity index is 2.00. The molecule has 0 amide bonds. The van der Waals surface area contributed by atoms with Gasteiger partial charge in [0.2, 0.25) is 0 Å².